The maximum absolute atomic E-state index is 12.3. The Morgan fingerprint density at radius 1 is 1.52 bits per heavy atom. The van der Waals surface area contributed by atoms with Gasteiger partial charge in [-0.05, 0) is 38.3 Å². The molecule has 2 heterocycles. The molecule has 23 heavy (non-hydrogen) atoms. The van der Waals surface area contributed by atoms with Crippen LogP contribution in [0.15, 0.2) is 30.7 Å². The van der Waals surface area contributed by atoms with Crippen LogP contribution in [-0.4, -0.2) is 32.8 Å². The van der Waals surface area contributed by atoms with Gasteiger partial charge in [0.2, 0.25) is 0 Å². The molecule has 0 aromatic carbocycles. The fraction of sp³-hybridized carbons (Fsp3) is 0.438. The lowest BCUT2D eigenvalue weighted by atomic mass is 10.2. The fourth-order valence-corrected chi connectivity index (χ4v) is 2.98. The lowest BCUT2D eigenvalue weighted by Crippen LogP contribution is -2.42. The summed E-state index contributed by atoms with van der Waals surface area (Å²) >= 11 is 6.02. The van der Waals surface area contributed by atoms with Crippen LogP contribution in [0.3, 0.4) is 0 Å². The molecule has 122 valence electrons. The van der Waals surface area contributed by atoms with Crippen LogP contribution in [0, 0.1) is 0 Å². The van der Waals surface area contributed by atoms with Crippen molar-refractivity contribution in [1.82, 2.24) is 20.1 Å². The number of nitrogens with zero attached hydrogens (tertiary/aromatic N) is 3. The van der Waals surface area contributed by atoms with Gasteiger partial charge >= 0.3 is 0 Å². The first kappa shape index (κ1) is 15.8. The molecule has 1 saturated carbocycles. The number of hydrogen-bond donors (Lipinski definition) is 1. The molecule has 1 aliphatic rings. The molecule has 0 spiro atoms. The average molecular weight is 335 g/mol. The Balaban J connectivity index is 1.65. The Hall–Kier alpha value is -2.08. The van der Waals surface area contributed by atoms with Crippen LogP contribution >= 0.6 is 11.6 Å². The summed E-state index contributed by atoms with van der Waals surface area (Å²) in [5, 5.41) is 7.54. The molecule has 0 saturated heterocycles. The summed E-state index contributed by atoms with van der Waals surface area (Å²) in [6.45, 7) is 2.82. The van der Waals surface area contributed by atoms with E-state index in [9.17, 15) is 4.79 Å². The van der Waals surface area contributed by atoms with E-state index in [4.69, 9.17) is 16.3 Å². The number of carbonyl (C=O) groups excluding carboxylic acids is 1. The van der Waals surface area contributed by atoms with Crippen molar-refractivity contribution in [2.45, 2.75) is 44.9 Å². The first-order valence-electron chi connectivity index (χ1n) is 7.78. The molecule has 1 amide bonds. The summed E-state index contributed by atoms with van der Waals surface area (Å²) in [5.41, 5.74) is 0.249. The average Bonchev–Trinajstić information content (AvgIpc) is 3.18. The monoisotopic (exact) mass is 334 g/mol. The van der Waals surface area contributed by atoms with E-state index in [0.29, 0.717) is 5.02 Å². The van der Waals surface area contributed by atoms with Crippen LogP contribution in [0.2, 0.25) is 5.02 Å². The number of carbonyl (C=O) groups is 1. The fourth-order valence-electron chi connectivity index (χ4n) is 2.77. The number of halogens is 1. The molecule has 0 unspecified atom stereocenters. The molecule has 1 aliphatic carbocycles. The molecule has 2 atom stereocenters. The molecular formula is C16H19ClN4O2. The van der Waals surface area contributed by atoms with Gasteiger partial charge in [0.15, 0.2) is 5.75 Å². The summed E-state index contributed by atoms with van der Waals surface area (Å²) < 4.78 is 7.80. The molecule has 2 aromatic rings. The second-order valence-corrected chi connectivity index (χ2v) is 5.94. The van der Waals surface area contributed by atoms with Crippen LogP contribution in [0.1, 0.15) is 36.7 Å². The number of aryl methyl sites for hydroxylation is 1. The Kier molecular flexibility index (Phi) is 4.81. The van der Waals surface area contributed by atoms with Crippen LogP contribution < -0.4 is 10.1 Å². The minimum absolute atomic E-state index is 0.0504. The lowest BCUT2D eigenvalue weighted by molar-refractivity contribution is 0.0889. The topological polar surface area (TPSA) is 69.0 Å². The van der Waals surface area contributed by atoms with Gasteiger partial charge < -0.3 is 10.1 Å². The second kappa shape index (κ2) is 7.00. The molecule has 1 N–H and O–H groups in total. The lowest BCUT2D eigenvalue weighted by Gasteiger charge is -2.21. The Labute approximate surface area is 139 Å². The third-order valence-electron chi connectivity index (χ3n) is 3.96. The van der Waals surface area contributed by atoms with Gasteiger partial charge in [0, 0.05) is 12.7 Å². The Morgan fingerprint density at radius 2 is 2.39 bits per heavy atom. The zero-order valence-electron chi connectivity index (χ0n) is 12.9. The van der Waals surface area contributed by atoms with Crippen LogP contribution in [0.4, 0.5) is 0 Å². The standard InChI is InChI=1S/C16H19ClN4O2/c1-2-21-10-11(9-19-21)23-14-7-3-6-13(14)20-16(22)15-12(17)5-4-8-18-15/h4-5,8-10,13-14H,2-3,6-7H2,1H3,(H,20,22)/t13-,14+/m0/s1. The van der Waals surface area contributed by atoms with Crippen molar-refractivity contribution in [2.24, 2.45) is 0 Å². The first-order chi connectivity index (χ1) is 11.2. The minimum atomic E-state index is -0.264. The third kappa shape index (κ3) is 3.64. The number of ether oxygens (including phenoxy) is 1. The van der Waals surface area contributed by atoms with Crippen molar-refractivity contribution in [3.05, 3.63) is 41.4 Å². The first-order valence-corrected chi connectivity index (χ1v) is 8.15. The summed E-state index contributed by atoms with van der Waals surface area (Å²) in [7, 11) is 0. The maximum Gasteiger partial charge on any atom is 0.271 e. The minimum Gasteiger partial charge on any atom is -0.485 e. The zero-order valence-corrected chi connectivity index (χ0v) is 13.7. The Morgan fingerprint density at radius 3 is 3.13 bits per heavy atom. The van der Waals surface area contributed by atoms with Crippen molar-refractivity contribution in [2.75, 3.05) is 0 Å². The summed E-state index contributed by atoms with van der Waals surface area (Å²) in [4.78, 5) is 16.4. The SMILES string of the molecule is CCn1cc(O[C@@H]2CCC[C@@H]2NC(=O)c2ncccc2Cl)cn1. The molecular weight excluding hydrogens is 316 g/mol. The molecule has 1 fully saturated rings. The summed E-state index contributed by atoms with van der Waals surface area (Å²) in [6, 6.07) is 3.31. The van der Waals surface area contributed by atoms with E-state index in [-0.39, 0.29) is 23.7 Å². The van der Waals surface area contributed by atoms with Crippen LogP contribution in [0.25, 0.3) is 0 Å². The highest BCUT2D eigenvalue weighted by atomic mass is 35.5. The van der Waals surface area contributed by atoms with E-state index in [1.807, 2.05) is 17.8 Å². The van der Waals surface area contributed by atoms with Gasteiger partial charge in [0.25, 0.3) is 5.91 Å². The van der Waals surface area contributed by atoms with Gasteiger partial charge in [0.05, 0.1) is 23.5 Å². The highest BCUT2D eigenvalue weighted by Gasteiger charge is 2.31. The van der Waals surface area contributed by atoms with Crippen molar-refractivity contribution >= 4 is 17.5 Å². The highest BCUT2D eigenvalue weighted by Crippen LogP contribution is 2.25. The van der Waals surface area contributed by atoms with Gasteiger partial charge in [-0.2, -0.15) is 5.10 Å². The second-order valence-electron chi connectivity index (χ2n) is 5.53. The maximum atomic E-state index is 12.3. The van der Waals surface area contributed by atoms with E-state index in [1.54, 1.807) is 24.5 Å². The molecule has 6 nitrogen and oxygen atoms in total. The van der Waals surface area contributed by atoms with Crippen molar-refractivity contribution in [3.8, 4) is 5.75 Å². The quantitative estimate of drug-likeness (QED) is 0.912. The van der Waals surface area contributed by atoms with Gasteiger partial charge in [-0.1, -0.05) is 11.6 Å². The van der Waals surface area contributed by atoms with Crippen molar-refractivity contribution < 1.29 is 9.53 Å². The molecule has 0 aliphatic heterocycles. The van der Waals surface area contributed by atoms with E-state index >= 15 is 0 Å². The van der Waals surface area contributed by atoms with Gasteiger partial charge in [-0.3, -0.25) is 9.48 Å². The predicted molar refractivity (Wildman–Crippen MR) is 86.7 cm³/mol. The van der Waals surface area contributed by atoms with Gasteiger partial charge in [0.1, 0.15) is 11.8 Å². The van der Waals surface area contributed by atoms with Gasteiger partial charge in [-0.25, -0.2) is 4.98 Å². The number of amides is 1. The largest absolute Gasteiger partial charge is 0.485 e. The smallest absolute Gasteiger partial charge is 0.271 e. The molecule has 3 rings (SSSR count). The number of rotatable bonds is 5. The summed E-state index contributed by atoms with van der Waals surface area (Å²) in [6.07, 6.45) is 7.86. The van der Waals surface area contributed by atoms with Crippen LogP contribution in [0.5, 0.6) is 5.75 Å². The number of pyridine rings is 1. The number of hydrogen-bond acceptors (Lipinski definition) is 4. The van der Waals surface area contributed by atoms with E-state index in [0.717, 1.165) is 31.6 Å². The molecule has 0 radical (unpaired) electrons. The molecule has 0 bridgehead atoms. The predicted octanol–water partition coefficient (Wildman–Crippen LogP) is 2.68. The number of aromatic nitrogens is 3. The number of nitrogens with one attached hydrogen (secondary N) is 1. The van der Waals surface area contributed by atoms with Gasteiger partial charge in [-0.15, -0.1) is 0 Å². The molecule has 2 aromatic heterocycles. The normalized spacial score (nSPS) is 20.4. The zero-order chi connectivity index (χ0) is 16.2. The van der Waals surface area contributed by atoms with E-state index in [1.165, 1.54) is 0 Å². The molecule has 7 heteroatoms. The van der Waals surface area contributed by atoms with Crippen LogP contribution in [-0.2, 0) is 6.54 Å². The summed E-state index contributed by atoms with van der Waals surface area (Å²) in [5.74, 6) is 0.467. The van der Waals surface area contributed by atoms with Crippen molar-refractivity contribution in [3.63, 3.8) is 0 Å². The van der Waals surface area contributed by atoms with E-state index in [2.05, 4.69) is 15.4 Å². The third-order valence-corrected chi connectivity index (χ3v) is 4.27. The van der Waals surface area contributed by atoms with Crippen molar-refractivity contribution in [1.29, 1.82) is 0 Å². The Bertz CT molecular complexity index is 688. The van der Waals surface area contributed by atoms with E-state index < -0.39 is 0 Å². The highest BCUT2D eigenvalue weighted by molar-refractivity contribution is 6.33.